The topological polar surface area (TPSA) is 41.6 Å². The molecule has 0 aromatic heterocycles. The third-order valence-corrected chi connectivity index (χ3v) is 4.57. The van der Waals surface area contributed by atoms with Gasteiger partial charge in [-0.25, -0.2) is 0 Å². The van der Waals surface area contributed by atoms with Crippen LogP contribution in [-0.4, -0.2) is 43.2 Å². The minimum absolute atomic E-state index is 0.0586. The number of ether oxygens (including phenoxy) is 1. The molecule has 1 N–H and O–H groups in total. The van der Waals surface area contributed by atoms with E-state index >= 15 is 0 Å². The molecule has 1 fully saturated rings. The highest BCUT2D eigenvalue weighted by molar-refractivity contribution is 5.76. The highest BCUT2D eigenvalue weighted by Crippen LogP contribution is 2.24. The number of hydrogen-bond acceptors (Lipinski definition) is 3. The Balaban J connectivity index is 1.85. The Morgan fingerprint density at radius 1 is 1.30 bits per heavy atom. The second-order valence-electron chi connectivity index (χ2n) is 6.86. The summed E-state index contributed by atoms with van der Waals surface area (Å²) >= 11 is 0. The lowest BCUT2D eigenvalue weighted by atomic mass is 9.99. The molecule has 1 amide bonds. The lowest BCUT2D eigenvalue weighted by Gasteiger charge is -2.31. The molecule has 0 bridgehead atoms. The first-order valence-electron chi connectivity index (χ1n) is 8.63. The van der Waals surface area contributed by atoms with Crippen molar-refractivity contribution in [3.05, 3.63) is 35.9 Å². The molecule has 0 unspecified atom stereocenters. The van der Waals surface area contributed by atoms with Crippen LogP contribution in [0.5, 0.6) is 0 Å². The second-order valence-corrected chi connectivity index (χ2v) is 6.86. The van der Waals surface area contributed by atoms with Gasteiger partial charge in [-0.1, -0.05) is 30.3 Å². The van der Waals surface area contributed by atoms with Gasteiger partial charge in [0.15, 0.2) is 0 Å². The number of nitrogens with zero attached hydrogens (tertiary/aromatic N) is 1. The van der Waals surface area contributed by atoms with Gasteiger partial charge in [0.1, 0.15) is 0 Å². The Morgan fingerprint density at radius 3 is 2.57 bits per heavy atom. The van der Waals surface area contributed by atoms with E-state index in [0.717, 1.165) is 19.3 Å². The third-order valence-electron chi connectivity index (χ3n) is 4.57. The van der Waals surface area contributed by atoms with Crippen LogP contribution in [0.4, 0.5) is 0 Å². The molecule has 1 saturated heterocycles. The van der Waals surface area contributed by atoms with Crippen molar-refractivity contribution in [1.29, 1.82) is 0 Å². The average Bonchev–Trinajstić information content (AvgIpc) is 2.91. The second kappa shape index (κ2) is 8.46. The number of nitrogens with one attached hydrogen (secondary N) is 1. The fourth-order valence-electron chi connectivity index (χ4n) is 3.48. The van der Waals surface area contributed by atoms with Crippen molar-refractivity contribution in [2.45, 2.75) is 63.8 Å². The summed E-state index contributed by atoms with van der Waals surface area (Å²) in [5.74, 6) is 0.114. The minimum Gasteiger partial charge on any atom is -0.375 e. The maximum atomic E-state index is 12.3. The number of amides is 1. The van der Waals surface area contributed by atoms with Gasteiger partial charge >= 0.3 is 0 Å². The summed E-state index contributed by atoms with van der Waals surface area (Å²) in [5, 5.41) is 3.16. The first-order valence-corrected chi connectivity index (χ1v) is 8.63. The molecule has 1 aliphatic rings. The Kier molecular flexibility index (Phi) is 6.60. The highest BCUT2D eigenvalue weighted by Gasteiger charge is 2.25. The quantitative estimate of drug-likeness (QED) is 0.840. The van der Waals surface area contributed by atoms with E-state index in [9.17, 15) is 4.79 Å². The van der Waals surface area contributed by atoms with Crippen molar-refractivity contribution in [3.63, 3.8) is 0 Å². The van der Waals surface area contributed by atoms with Crippen LogP contribution in [0.2, 0.25) is 0 Å². The maximum absolute atomic E-state index is 12.3. The van der Waals surface area contributed by atoms with Crippen molar-refractivity contribution in [2.24, 2.45) is 0 Å². The van der Waals surface area contributed by atoms with Crippen molar-refractivity contribution in [3.8, 4) is 0 Å². The predicted octanol–water partition coefficient (Wildman–Crippen LogP) is 3.14. The van der Waals surface area contributed by atoms with Gasteiger partial charge in [-0.2, -0.15) is 0 Å². The predicted molar refractivity (Wildman–Crippen MR) is 93.3 cm³/mol. The van der Waals surface area contributed by atoms with Crippen molar-refractivity contribution < 1.29 is 9.53 Å². The van der Waals surface area contributed by atoms with Gasteiger partial charge < -0.3 is 15.0 Å². The Bertz CT molecular complexity index is 489. The van der Waals surface area contributed by atoms with Gasteiger partial charge in [-0.15, -0.1) is 0 Å². The number of rotatable bonds is 7. The molecule has 4 atom stereocenters. The Labute approximate surface area is 140 Å². The minimum atomic E-state index is 0.0586. The molecule has 4 heteroatoms. The van der Waals surface area contributed by atoms with E-state index in [0.29, 0.717) is 12.5 Å². The van der Waals surface area contributed by atoms with E-state index < -0.39 is 0 Å². The molecule has 4 nitrogen and oxygen atoms in total. The number of hydrogen-bond donors (Lipinski definition) is 1. The van der Waals surface area contributed by atoms with Crippen LogP contribution in [0.25, 0.3) is 0 Å². The molecule has 2 rings (SSSR count). The molecule has 128 valence electrons. The van der Waals surface area contributed by atoms with E-state index in [2.05, 4.69) is 36.2 Å². The number of likely N-dealkylation sites (N-methyl/N-ethyl adjacent to an activating group) is 1. The number of benzene rings is 1. The zero-order valence-electron chi connectivity index (χ0n) is 14.8. The summed E-state index contributed by atoms with van der Waals surface area (Å²) < 4.78 is 5.78. The van der Waals surface area contributed by atoms with Gasteiger partial charge in [-0.3, -0.25) is 4.79 Å². The monoisotopic (exact) mass is 318 g/mol. The molecule has 0 radical (unpaired) electrons. The van der Waals surface area contributed by atoms with Gasteiger partial charge in [0.2, 0.25) is 5.91 Å². The zero-order chi connectivity index (χ0) is 16.8. The summed E-state index contributed by atoms with van der Waals surface area (Å²) in [4.78, 5) is 14.4. The zero-order valence-corrected chi connectivity index (χ0v) is 14.8. The summed E-state index contributed by atoms with van der Waals surface area (Å²) in [5.41, 5.74) is 1.22. The number of carbonyl (C=O) groups excluding carboxylic acids is 1. The van der Waals surface area contributed by atoms with Crippen LogP contribution >= 0.6 is 0 Å². The standard InChI is InChI=1S/C19H30N2O2/c1-14-10-11-17(23-14)12-13-18(22)20-15(2)19(21(3)4)16-8-6-5-7-9-16/h5-9,14-15,17,19H,10-13H2,1-4H3,(H,20,22)/t14-,15-,17-,19+/m1/s1. The van der Waals surface area contributed by atoms with E-state index in [1.807, 2.05) is 32.3 Å². The van der Waals surface area contributed by atoms with E-state index in [4.69, 9.17) is 4.74 Å². The van der Waals surface area contributed by atoms with Crippen molar-refractivity contribution in [2.75, 3.05) is 14.1 Å². The largest absolute Gasteiger partial charge is 0.375 e. The molecule has 0 saturated carbocycles. The SMILES string of the molecule is C[C@@H]1CC[C@H](CCC(=O)N[C@H](C)[C@@H](c2ccccc2)N(C)C)O1. The lowest BCUT2D eigenvalue weighted by molar-refractivity contribution is -0.122. The molecule has 1 aromatic rings. The number of carbonyl (C=O) groups is 1. The molecule has 0 aliphatic carbocycles. The summed E-state index contributed by atoms with van der Waals surface area (Å²) in [6.07, 6.45) is 4.15. The first kappa shape index (κ1) is 18.0. The fraction of sp³-hybridized carbons (Fsp3) is 0.632. The molecular weight excluding hydrogens is 288 g/mol. The van der Waals surface area contributed by atoms with Crippen LogP contribution in [0.1, 0.15) is 51.1 Å². The molecule has 1 heterocycles. The Hall–Kier alpha value is -1.39. The van der Waals surface area contributed by atoms with Crippen LogP contribution in [-0.2, 0) is 9.53 Å². The molecule has 0 spiro atoms. The van der Waals surface area contributed by atoms with Gasteiger partial charge in [-0.05, 0) is 52.8 Å². The van der Waals surface area contributed by atoms with Gasteiger partial charge in [0.25, 0.3) is 0 Å². The van der Waals surface area contributed by atoms with Crippen LogP contribution in [0, 0.1) is 0 Å². The van der Waals surface area contributed by atoms with E-state index in [1.165, 1.54) is 5.56 Å². The van der Waals surface area contributed by atoms with Gasteiger partial charge in [0, 0.05) is 12.5 Å². The average molecular weight is 318 g/mol. The van der Waals surface area contributed by atoms with E-state index in [1.54, 1.807) is 0 Å². The fourth-order valence-corrected chi connectivity index (χ4v) is 3.48. The van der Waals surface area contributed by atoms with Crippen LogP contribution in [0.3, 0.4) is 0 Å². The van der Waals surface area contributed by atoms with Crippen LogP contribution in [0.15, 0.2) is 30.3 Å². The summed E-state index contributed by atoms with van der Waals surface area (Å²) in [6, 6.07) is 10.5. The van der Waals surface area contributed by atoms with Gasteiger partial charge in [0.05, 0.1) is 18.2 Å². The van der Waals surface area contributed by atoms with Crippen molar-refractivity contribution in [1.82, 2.24) is 10.2 Å². The molecule has 23 heavy (non-hydrogen) atoms. The molecule has 1 aliphatic heterocycles. The van der Waals surface area contributed by atoms with Crippen molar-refractivity contribution >= 4 is 5.91 Å². The maximum Gasteiger partial charge on any atom is 0.220 e. The Morgan fingerprint density at radius 2 is 2.00 bits per heavy atom. The van der Waals surface area contributed by atoms with E-state index in [-0.39, 0.29) is 24.1 Å². The first-order chi connectivity index (χ1) is 11.0. The molecule has 1 aromatic carbocycles. The summed E-state index contributed by atoms with van der Waals surface area (Å²) in [7, 11) is 4.10. The lowest BCUT2D eigenvalue weighted by Crippen LogP contribution is -2.42. The van der Waals surface area contributed by atoms with Crippen LogP contribution < -0.4 is 5.32 Å². The third kappa shape index (κ3) is 5.33. The normalized spacial score (nSPS) is 23.7. The molecular formula is C19H30N2O2. The smallest absolute Gasteiger partial charge is 0.220 e. The summed E-state index contributed by atoms with van der Waals surface area (Å²) in [6.45, 7) is 4.17. The highest BCUT2D eigenvalue weighted by atomic mass is 16.5.